The number of hydrogen-bond acceptors (Lipinski definition) is 6. The molecule has 0 aliphatic carbocycles. The van der Waals surface area contributed by atoms with Crippen LogP contribution in [0.5, 0.6) is 5.75 Å². The number of amidine groups is 1. The molecular formula is C26H27FN2O4S. The van der Waals surface area contributed by atoms with Gasteiger partial charge in [0.2, 0.25) is 0 Å². The van der Waals surface area contributed by atoms with Crippen LogP contribution in [0.2, 0.25) is 0 Å². The first-order chi connectivity index (χ1) is 16.3. The van der Waals surface area contributed by atoms with E-state index in [1.165, 1.54) is 23.5 Å². The average Bonchev–Trinajstić information content (AvgIpc) is 3.31. The zero-order chi connectivity index (χ0) is 24.7. The summed E-state index contributed by atoms with van der Waals surface area (Å²) >= 11 is 1.20. The molecule has 0 unspecified atom stereocenters. The third-order valence-corrected chi connectivity index (χ3v) is 6.89. The molecule has 6 nitrogen and oxygen atoms in total. The Bertz CT molecular complexity index is 1170. The molecule has 0 bridgehead atoms. The van der Waals surface area contributed by atoms with Crippen molar-refractivity contribution in [2.45, 2.75) is 39.7 Å². The molecule has 2 aromatic carbocycles. The van der Waals surface area contributed by atoms with E-state index in [-0.39, 0.29) is 29.7 Å². The van der Waals surface area contributed by atoms with Crippen molar-refractivity contribution in [1.82, 2.24) is 0 Å². The fraction of sp³-hybridized carbons (Fsp3) is 0.269. The van der Waals surface area contributed by atoms with Crippen LogP contribution in [0, 0.1) is 16.6 Å². The van der Waals surface area contributed by atoms with Crippen molar-refractivity contribution < 1.29 is 23.5 Å². The van der Waals surface area contributed by atoms with Crippen molar-refractivity contribution in [3.05, 3.63) is 87.4 Å². The number of nitrogens with one attached hydrogen (secondary N) is 1. The molecule has 1 heterocycles. The second-order valence-electron chi connectivity index (χ2n) is 7.94. The molecule has 0 atom stereocenters. The zero-order valence-corrected chi connectivity index (χ0v) is 19.9. The van der Waals surface area contributed by atoms with Gasteiger partial charge in [-0.15, -0.1) is 11.3 Å². The number of nitrogen functional groups attached to an aromatic ring is 1. The Kier molecular flexibility index (Phi) is 8.17. The molecule has 3 aromatic rings. The molecule has 0 fully saturated rings. The summed E-state index contributed by atoms with van der Waals surface area (Å²) < 4.78 is 25.0. The number of nitrogens with two attached hydrogens (primary N) is 1. The topological polar surface area (TPSA) is 102 Å². The first-order valence-electron chi connectivity index (χ1n) is 10.9. The number of carbonyl (C=O) groups excluding carboxylic acids is 2. The molecule has 8 heteroatoms. The van der Waals surface area contributed by atoms with Crippen LogP contribution in [0.15, 0.2) is 60.7 Å². The van der Waals surface area contributed by atoms with E-state index in [4.69, 9.17) is 20.6 Å². The Balaban J connectivity index is 1.69. The lowest BCUT2D eigenvalue weighted by Crippen LogP contribution is -2.33. The van der Waals surface area contributed by atoms with E-state index in [1.807, 2.05) is 44.2 Å². The fourth-order valence-corrected chi connectivity index (χ4v) is 4.58. The van der Waals surface area contributed by atoms with Crippen molar-refractivity contribution >= 4 is 29.1 Å². The van der Waals surface area contributed by atoms with Gasteiger partial charge in [0.1, 0.15) is 17.3 Å². The Morgan fingerprint density at radius 1 is 1.06 bits per heavy atom. The van der Waals surface area contributed by atoms with E-state index in [1.54, 1.807) is 12.1 Å². The van der Waals surface area contributed by atoms with Crippen LogP contribution in [0.25, 0.3) is 0 Å². The molecular weight excluding hydrogens is 455 g/mol. The van der Waals surface area contributed by atoms with Gasteiger partial charge in [-0.3, -0.25) is 10.2 Å². The Morgan fingerprint density at radius 2 is 1.76 bits per heavy atom. The maximum atomic E-state index is 14.2. The highest BCUT2D eigenvalue weighted by Gasteiger charge is 2.37. The fourth-order valence-electron chi connectivity index (χ4n) is 3.55. The second-order valence-corrected chi connectivity index (χ2v) is 9.11. The minimum Gasteiger partial charge on any atom is -0.460 e. The van der Waals surface area contributed by atoms with Crippen LogP contribution in [0.3, 0.4) is 0 Å². The zero-order valence-electron chi connectivity index (χ0n) is 19.1. The van der Waals surface area contributed by atoms with Gasteiger partial charge in [0.05, 0.1) is 5.41 Å². The van der Waals surface area contributed by atoms with Crippen molar-refractivity contribution in [2.24, 2.45) is 11.1 Å². The smallest absolute Gasteiger partial charge is 0.353 e. The largest absolute Gasteiger partial charge is 0.460 e. The van der Waals surface area contributed by atoms with Crippen LogP contribution in [0.4, 0.5) is 4.39 Å². The third-order valence-electron chi connectivity index (χ3n) is 5.82. The van der Waals surface area contributed by atoms with Gasteiger partial charge in [-0.05, 0) is 55.2 Å². The highest BCUT2D eigenvalue weighted by Crippen LogP contribution is 2.35. The molecule has 0 radical (unpaired) electrons. The number of hydrogen-bond donors (Lipinski definition) is 2. The summed E-state index contributed by atoms with van der Waals surface area (Å²) in [6.45, 7) is 4.10. The van der Waals surface area contributed by atoms with Crippen LogP contribution in [0.1, 0.15) is 52.4 Å². The van der Waals surface area contributed by atoms with E-state index in [0.29, 0.717) is 24.1 Å². The maximum Gasteiger partial charge on any atom is 0.353 e. The Hall–Kier alpha value is -3.52. The van der Waals surface area contributed by atoms with E-state index >= 15 is 0 Å². The standard InChI is InChI=1S/C26H27FN2O4S/c1-3-26(4-2,25(31)32-16-17-8-6-5-7-9-17)15-19-11-13-22(34-19)24(30)33-21-12-10-18(23(28)29)14-20(21)27/h5-14H,3-4,15-16H2,1-2H3,(H3,28,29). The maximum absolute atomic E-state index is 14.2. The molecule has 178 valence electrons. The predicted octanol–water partition coefficient (Wildman–Crippen LogP) is 5.48. The molecule has 0 saturated heterocycles. The summed E-state index contributed by atoms with van der Waals surface area (Å²) in [5.74, 6) is -2.28. The first kappa shape index (κ1) is 25.1. The number of benzene rings is 2. The van der Waals surface area contributed by atoms with Crippen LogP contribution in [-0.4, -0.2) is 17.8 Å². The molecule has 0 amide bonds. The van der Waals surface area contributed by atoms with E-state index in [0.717, 1.165) is 16.5 Å². The summed E-state index contributed by atoms with van der Waals surface area (Å²) in [7, 11) is 0. The van der Waals surface area contributed by atoms with Gasteiger partial charge in [-0.25, -0.2) is 9.18 Å². The summed E-state index contributed by atoms with van der Waals surface area (Å²) in [5, 5.41) is 7.36. The van der Waals surface area contributed by atoms with Gasteiger partial charge in [-0.2, -0.15) is 0 Å². The highest BCUT2D eigenvalue weighted by atomic mass is 32.1. The minimum atomic E-state index is -0.782. The van der Waals surface area contributed by atoms with Gasteiger partial charge in [0.25, 0.3) is 0 Å². The van der Waals surface area contributed by atoms with Gasteiger partial charge in [0, 0.05) is 10.4 Å². The third kappa shape index (κ3) is 5.88. The van der Waals surface area contributed by atoms with Crippen molar-refractivity contribution in [3.8, 4) is 5.75 Å². The SMILES string of the molecule is CCC(CC)(Cc1ccc(C(=O)Oc2ccc(C(=N)N)cc2F)s1)C(=O)OCc1ccccc1. The minimum absolute atomic E-state index is 0.199. The molecule has 0 spiro atoms. The molecule has 0 saturated carbocycles. The number of halogens is 1. The highest BCUT2D eigenvalue weighted by molar-refractivity contribution is 7.14. The van der Waals surface area contributed by atoms with E-state index in [9.17, 15) is 14.0 Å². The van der Waals surface area contributed by atoms with E-state index < -0.39 is 17.2 Å². The summed E-state index contributed by atoms with van der Waals surface area (Å²) in [6.07, 6.45) is 1.60. The van der Waals surface area contributed by atoms with Crippen molar-refractivity contribution in [1.29, 1.82) is 5.41 Å². The number of esters is 2. The number of rotatable bonds is 10. The molecule has 1 aromatic heterocycles. The number of ether oxygens (including phenoxy) is 2. The summed E-state index contributed by atoms with van der Waals surface area (Å²) in [4.78, 5) is 26.7. The van der Waals surface area contributed by atoms with Crippen molar-refractivity contribution in [2.75, 3.05) is 0 Å². The lowest BCUT2D eigenvalue weighted by molar-refractivity contribution is -0.158. The number of thiophene rings is 1. The average molecular weight is 483 g/mol. The van der Waals surface area contributed by atoms with Gasteiger partial charge < -0.3 is 15.2 Å². The van der Waals surface area contributed by atoms with Crippen LogP contribution in [-0.2, 0) is 22.6 Å². The molecule has 3 rings (SSSR count). The summed E-state index contributed by atoms with van der Waals surface area (Å²) in [5.41, 5.74) is 5.75. The number of carbonyl (C=O) groups is 2. The normalized spacial score (nSPS) is 11.1. The van der Waals surface area contributed by atoms with E-state index in [2.05, 4.69) is 0 Å². The summed E-state index contributed by atoms with van der Waals surface area (Å²) in [6, 6.07) is 16.6. The van der Waals surface area contributed by atoms with Crippen LogP contribution < -0.4 is 10.5 Å². The molecule has 0 aliphatic rings. The van der Waals surface area contributed by atoms with Gasteiger partial charge in [0.15, 0.2) is 11.6 Å². The molecule has 3 N–H and O–H groups in total. The van der Waals surface area contributed by atoms with Crippen molar-refractivity contribution in [3.63, 3.8) is 0 Å². The lowest BCUT2D eigenvalue weighted by atomic mass is 9.79. The predicted molar refractivity (Wildman–Crippen MR) is 130 cm³/mol. The quantitative estimate of drug-likeness (QED) is 0.172. The van der Waals surface area contributed by atoms with Gasteiger partial charge >= 0.3 is 11.9 Å². The monoisotopic (exact) mass is 482 g/mol. The second kappa shape index (κ2) is 11.1. The Labute approximate surface area is 202 Å². The first-order valence-corrected chi connectivity index (χ1v) is 11.8. The molecule has 0 aliphatic heterocycles. The van der Waals surface area contributed by atoms with Crippen LogP contribution >= 0.6 is 11.3 Å². The Morgan fingerprint density at radius 3 is 2.38 bits per heavy atom. The lowest BCUT2D eigenvalue weighted by Gasteiger charge is -2.28. The van der Waals surface area contributed by atoms with Gasteiger partial charge in [-0.1, -0.05) is 44.2 Å². The molecule has 34 heavy (non-hydrogen) atoms.